The molecule has 0 saturated heterocycles. The molecule has 1 heterocycles. The molecule has 2 aromatic carbocycles. The van der Waals surface area contributed by atoms with Crippen LogP contribution in [0.4, 0.5) is 0 Å². The Morgan fingerprint density at radius 1 is 1.04 bits per heavy atom. The molecule has 0 atom stereocenters. The summed E-state index contributed by atoms with van der Waals surface area (Å²) >= 11 is 0. The molecule has 1 N–H and O–H groups in total. The van der Waals surface area contributed by atoms with Crippen LogP contribution in [0.1, 0.15) is 25.0 Å². The van der Waals surface area contributed by atoms with Crippen molar-refractivity contribution in [3.05, 3.63) is 47.5 Å². The second kappa shape index (κ2) is 9.64. The molecule has 7 heteroatoms. The Morgan fingerprint density at radius 2 is 1.79 bits per heavy atom. The molecule has 0 bridgehead atoms. The number of carbonyl (C=O) groups excluding carboxylic acids is 1. The lowest BCUT2D eigenvalue weighted by Gasteiger charge is -2.18. The van der Waals surface area contributed by atoms with Crippen molar-refractivity contribution in [2.75, 3.05) is 26.4 Å². The van der Waals surface area contributed by atoms with Gasteiger partial charge in [-0.1, -0.05) is 6.07 Å². The Morgan fingerprint density at radius 3 is 2.57 bits per heavy atom. The van der Waals surface area contributed by atoms with Crippen LogP contribution in [0, 0.1) is 0 Å². The van der Waals surface area contributed by atoms with E-state index in [-0.39, 0.29) is 12.3 Å². The summed E-state index contributed by atoms with van der Waals surface area (Å²) in [5.41, 5.74) is 4.17. The van der Waals surface area contributed by atoms with E-state index in [9.17, 15) is 4.79 Å². The molecule has 0 aromatic heterocycles. The Bertz CT molecular complexity index is 851. The number of amides is 1. The molecule has 148 valence electrons. The standard InChI is InChI=1S/C21H24N2O5/c1-3-25-17-8-6-16(12-19(17)26-4-2)14-22-23-21(24)13-15-5-7-18-20(11-15)28-10-9-27-18/h5-8,11-12,14H,3-4,9-10,13H2,1-2H3,(H,23,24)/b22-14+. The lowest BCUT2D eigenvalue weighted by molar-refractivity contribution is -0.120. The predicted molar refractivity (Wildman–Crippen MR) is 106 cm³/mol. The summed E-state index contributed by atoms with van der Waals surface area (Å²) in [6.45, 7) is 5.98. The molecule has 0 aliphatic carbocycles. The van der Waals surface area contributed by atoms with Crippen LogP contribution in [-0.4, -0.2) is 38.5 Å². The van der Waals surface area contributed by atoms with Gasteiger partial charge >= 0.3 is 0 Å². The fraction of sp³-hybridized carbons (Fsp3) is 0.333. The van der Waals surface area contributed by atoms with Gasteiger partial charge in [0.1, 0.15) is 13.2 Å². The van der Waals surface area contributed by atoms with Gasteiger partial charge in [-0.15, -0.1) is 0 Å². The molecule has 7 nitrogen and oxygen atoms in total. The maximum atomic E-state index is 12.1. The van der Waals surface area contributed by atoms with Crippen molar-refractivity contribution >= 4 is 12.1 Å². The van der Waals surface area contributed by atoms with E-state index >= 15 is 0 Å². The smallest absolute Gasteiger partial charge is 0.244 e. The van der Waals surface area contributed by atoms with Crippen LogP contribution in [0.15, 0.2) is 41.5 Å². The third-order valence-corrected chi connectivity index (χ3v) is 3.94. The average molecular weight is 384 g/mol. The summed E-state index contributed by atoms with van der Waals surface area (Å²) in [4.78, 5) is 12.1. The fourth-order valence-corrected chi connectivity index (χ4v) is 2.75. The van der Waals surface area contributed by atoms with Gasteiger partial charge in [0.15, 0.2) is 23.0 Å². The minimum Gasteiger partial charge on any atom is -0.490 e. The molecule has 0 saturated carbocycles. The SMILES string of the molecule is CCOc1ccc(/C=N/NC(=O)Cc2ccc3c(c2)OCCO3)cc1OCC. The van der Waals surface area contributed by atoms with Gasteiger partial charge in [-0.3, -0.25) is 4.79 Å². The number of ether oxygens (including phenoxy) is 4. The van der Waals surface area contributed by atoms with Crippen molar-refractivity contribution in [1.82, 2.24) is 5.43 Å². The summed E-state index contributed by atoms with van der Waals surface area (Å²) in [5, 5.41) is 4.03. The third kappa shape index (κ3) is 5.16. The largest absolute Gasteiger partial charge is 0.490 e. The first kappa shape index (κ1) is 19.5. The van der Waals surface area contributed by atoms with Gasteiger partial charge in [0.2, 0.25) is 5.91 Å². The van der Waals surface area contributed by atoms with Gasteiger partial charge in [0.25, 0.3) is 0 Å². The van der Waals surface area contributed by atoms with Crippen LogP contribution in [0.2, 0.25) is 0 Å². The molecule has 0 fully saturated rings. The van der Waals surface area contributed by atoms with Gasteiger partial charge in [0.05, 0.1) is 25.8 Å². The molecule has 2 aromatic rings. The van der Waals surface area contributed by atoms with Crippen LogP contribution in [0.5, 0.6) is 23.0 Å². The highest BCUT2D eigenvalue weighted by molar-refractivity contribution is 5.84. The van der Waals surface area contributed by atoms with Gasteiger partial charge in [-0.05, 0) is 55.3 Å². The molecule has 1 aliphatic heterocycles. The lowest BCUT2D eigenvalue weighted by atomic mass is 10.1. The Balaban J connectivity index is 1.58. The lowest BCUT2D eigenvalue weighted by Crippen LogP contribution is -2.20. The number of hydrogen-bond acceptors (Lipinski definition) is 6. The number of hydrazone groups is 1. The Kier molecular flexibility index (Phi) is 6.73. The van der Waals surface area contributed by atoms with E-state index in [2.05, 4.69) is 10.5 Å². The number of benzene rings is 2. The second-order valence-electron chi connectivity index (χ2n) is 6.02. The predicted octanol–water partition coefficient (Wildman–Crippen LogP) is 2.95. The van der Waals surface area contributed by atoms with Gasteiger partial charge in [-0.2, -0.15) is 5.10 Å². The molecule has 3 rings (SSSR count). The Hall–Kier alpha value is -3.22. The maximum Gasteiger partial charge on any atom is 0.244 e. The quantitative estimate of drug-likeness (QED) is 0.559. The first-order chi connectivity index (χ1) is 13.7. The highest BCUT2D eigenvalue weighted by atomic mass is 16.6. The monoisotopic (exact) mass is 384 g/mol. The minimum atomic E-state index is -0.219. The van der Waals surface area contributed by atoms with Crippen LogP contribution in [0.3, 0.4) is 0 Å². The number of carbonyl (C=O) groups is 1. The van der Waals surface area contributed by atoms with E-state index in [1.54, 1.807) is 6.21 Å². The summed E-state index contributed by atoms with van der Waals surface area (Å²) < 4.78 is 22.1. The number of rotatable bonds is 8. The molecule has 0 radical (unpaired) electrons. The molecule has 0 spiro atoms. The Labute approximate surface area is 164 Å². The van der Waals surface area contributed by atoms with Crippen LogP contribution in [0.25, 0.3) is 0 Å². The summed E-state index contributed by atoms with van der Waals surface area (Å²) in [6.07, 6.45) is 1.77. The van der Waals surface area contributed by atoms with Crippen molar-refractivity contribution in [1.29, 1.82) is 0 Å². The van der Waals surface area contributed by atoms with E-state index in [4.69, 9.17) is 18.9 Å². The van der Waals surface area contributed by atoms with E-state index in [0.717, 1.165) is 11.1 Å². The normalized spacial score (nSPS) is 12.6. The van der Waals surface area contributed by atoms with Crippen molar-refractivity contribution in [2.24, 2.45) is 5.10 Å². The zero-order valence-corrected chi connectivity index (χ0v) is 16.1. The van der Waals surface area contributed by atoms with E-state index in [1.807, 2.05) is 50.2 Å². The van der Waals surface area contributed by atoms with Gasteiger partial charge < -0.3 is 18.9 Å². The number of hydrogen-bond donors (Lipinski definition) is 1. The third-order valence-electron chi connectivity index (χ3n) is 3.94. The maximum absolute atomic E-state index is 12.1. The highest BCUT2D eigenvalue weighted by Gasteiger charge is 2.13. The summed E-state index contributed by atoms with van der Waals surface area (Å²) in [6, 6.07) is 11.0. The molecule has 28 heavy (non-hydrogen) atoms. The molecule has 1 amide bonds. The molecular weight excluding hydrogens is 360 g/mol. The number of nitrogens with zero attached hydrogens (tertiary/aromatic N) is 1. The zero-order chi connectivity index (χ0) is 19.8. The van der Waals surface area contributed by atoms with Crippen LogP contribution >= 0.6 is 0 Å². The summed E-state index contributed by atoms with van der Waals surface area (Å²) in [7, 11) is 0. The minimum absolute atomic E-state index is 0.196. The fourth-order valence-electron chi connectivity index (χ4n) is 2.75. The average Bonchev–Trinajstić information content (AvgIpc) is 2.70. The van der Waals surface area contributed by atoms with E-state index < -0.39 is 0 Å². The van der Waals surface area contributed by atoms with Crippen molar-refractivity contribution < 1.29 is 23.7 Å². The molecule has 1 aliphatic rings. The molecule has 0 unspecified atom stereocenters. The van der Waals surface area contributed by atoms with Crippen molar-refractivity contribution in [3.8, 4) is 23.0 Å². The first-order valence-corrected chi connectivity index (χ1v) is 9.29. The molecular formula is C21H24N2O5. The van der Waals surface area contributed by atoms with Crippen LogP contribution < -0.4 is 24.4 Å². The highest BCUT2D eigenvalue weighted by Crippen LogP contribution is 2.31. The van der Waals surface area contributed by atoms with Crippen molar-refractivity contribution in [3.63, 3.8) is 0 Å². The number of nitrogens with one attached hydrogen (secondary N) is 1. The topological polar surface area (TPSA) is 78.4 Å². The number of fused-ring (bicyclic) bond motifs is 1. The first-order valence-electron chi connectivity index (χ1n) is 9.29. The van der Waals surface area contributed by atoms with Crippen molar-refractivity contribution in [2.45, 2.75) is 20.3 Å². The summed E-state index contributed by atoms with van der Waals surface area (Å²) in [5.74, 6) is 2.48. The van der Waals surface area contributed by atoms with Gasteiger partial charge in [0, 0.05) is 0 Å². The van der Waals surface area contributed by atoms with E-state index in [0.29, 0.717) is 49.4 Å². The zero-order valence-electron chi connectivity index (χ0n) is 16.1. The van der Waals surface area contributed by atoms with E-state index in [1.165, 1.54) is 0 Å². The van der Waals surface area contributed by atoms with Crippen LogP contribution in [-0.2, 0) is 11.2 Å². The second-order valence-corrected chi connectivity index (χ2v) is 6.02. The van der Waals surface area contributed by atoms with Gasteiger partial charge in [-0.25, -0.2) is 5.43 Å².